The zero-order valence-electron chi connectivity index (χ0n) is 14.7. The first-order valence-electron chi connectivity index (χ1n) is 8.01. The molecule has 4 nitrogen and oxygen atoms in total. The summed E-state index contributed by atoms with van der Waals surface area (Å²) >= 11 is 0. The van der Waals surface area contributed by atoms with Crippen LogP contribution in [-0.4, -0.2) is 43.7 Å². The minimum absolute atomic E-state index is 0.194. The van der Waals surface area contributed by atoms with Crippen LogP contribution in [0.4, 0.5) is 13.2 Å². The van der Waals surface area contributed by atoms with Crippen LogP contribution in [0.3, 0.4) is 0 Å². The molecule has 2 N–H and O–H groups in total. The van der Waals surface area contributed by atoms with Crippen LogP contribution in [0, 0.1) is 0 Å². The van der Waals surface area contributed by atoms with Gasteiger partial charge in [0.2, 0.25) is 0 Å². The van der Waals surface area contributed by atoms with E-state index >= 15 is 0 Å². The van der Waals surface area contributed by atoms with Gasteiger partial charge in [0.05, 0.1) is 6.42 Å². The van der Waals surface area contributed by atoms with Gasteiger partial charge in [0.1, 0.15) is 0 Å². The molecule has 0 radical (unpaired) electrons. The molecule has 0 amide bonds. The van der Waals surface area contributed by atoms with Gasteiger partial charge in [-0.1, -0.05) is 24.3 Å². The van der Waals surface area contributed by atoms with Gasteiger partial charge in [-0.2, -0.15) is 13.2 Å². The number of nitrogens with one attached hydrogen (secondary N) is 2. The Kier molecular flexibility index (Phi) is 8.04. The van der Waals surface area contributed by atoms with Crippen LogP contribution in [0.2, 0.25) is 0 Å². The van der Waals surface area contributed by atoms with Gasteiger partial charge in [0.25, 0.3) is 0 Å². The van der Waals surface area contributed by atoms with E-state index in [9.17, 15) is 13.2 Å². The third-order valence-electron chi connectivity index (χ3n) is 3.79. The number of rotatable bonds is 7. The average Bonchev–Trinajstić information content (AvgIpc) is 2.50. The number of hydrogen-bond donors (Lipinski definition) is 2. The molecule has 1 aromatic carbocycles. The molecule has 136 valence electrons. The molecule has 0 bridgehead atoms. The molecule has 0 saturated heterocycles. The predicted octanol–water partition coefficient (Wildman–Crippen LogP) is 3.14. The molecular formula is C17H27F3N4. The van der Waals surface area contributed by atoms with Crippen LogP contribution < -0.4 is 10.6 Å². The van der Waals surface area contributed by atoms with E-state index in [-0.39, 0.29) is 6.54 Å². The maximum Gasteiger partial charge on any atom is 0.390 e. The van der Waals surface area contributed by atoms with Gasteiger partial charge in [-0.25, -0.2) is 0 Å². The first kappa shape index (κ1) is 20.3. The summed E-state index contributed by atoms with van der Waals surface area (Å²) in [7, 11) is 3.61. The zero-order valence-corrected chi connectivity index (χ0v) is 14.7. The van der Waals surface area contributed by atoms with Crippen molar-refractivity contribution in [3.05, 3.63) is 35.4 Å². The molecule has 0 fully saturated rings. The summed E-state index contributed by atoms with van der Waals surface area (Å²) in [4.78, 5) is 6.19. The highest BCUT2D eigenvalue weighted by Crippen LogP contribution is 2.18. The number of aliphatic imine (C=N–C) groups is 1. The summed E-state index contributed by atoms with van der Waals surface area (Å²) < 4.78 is 36.6. The third-order valence-corrected chi connectivity index (χ3v) is 3.79. The molecule has 1 aromatic rings. The highest BCUT2D eigenvalue weighted by molar-refractivity contribution is 5.79. The van der Waals surface area contributed by atoms with Crippen molar-refractivity contribution >= 4 is 5.96 Å². The van der Waals surface area contributed by atoms with E-state index in [1.807, 2.05) is 18.2 Å². The van der Waals surface area contributed by atoms with E-state index in [0.717, 1.165) is 12.1 Å². The molecule has 0 heterocycles. The van der Waals surface area contributed by atoms with E-state index < -0.39 is 12.6 Å². The topological polar surface area (TPSA) is 39.7 Å². The number of guanidine groups is 1. The van der Waals surface area contributed by atoms with Crippen molar-refractivity contribution < 1.29 is 13.2 Å². The Morgan fingerprint density at radius 3 is 2.33 bits per heavy atom. The lowest BCUT2D eigenvalue weighted by Crippen LogP contribution is -2.38. The number of benzene rings is 1. The maximum absolute atomic E-state index is 12.2. The summed E-state index contributed by atoms with van der Waals surface area (Å²) in [5.74, 6) is 0.367. The van der Waals surface area contributed by atoms with Crippen LogP contribution in [-0.2, 0) is 13.1 Å². The van der Waals surface area contributed by atoms with Crippen molar-refractivity contribution in [3.8, 4) is 0 Å². The second-order valence-electron chi connectivity index (χ2n) is 6.00. The molecule has 0 unspecified atom stereocenters. The lowest BCUT2D eigenvalue weighted by Gasteiger charge is -2.23. The predicted molar refractivity (Wildman–Crippen MR) is 91.9 cm³/mol. The molecule has 0 aliphatic rings. The van der Waals surface area contributed by atoms with Gasteiger partial charge in [0, 0.05) is 32.7 Å². The Morgan fingerprint density at radius 2 is 1.79 bits per heavy atom. The number of hydrogen-bond acceptors (Lipinski definition) is 2. The number of halogens is 3. The van der Waals surface area contributed by atoms with Gasteiger partial charge in [-0.15, -0.1) is 0 Å². The van der Waals surface area contributed by atoms with Crippen molar-refractivity contribution in [3.63, 3.8) is 0 Å². The average molecular weight is 344 g/mol. The smallest absolute Gasteiger partial charge is 0.356 e. The van der Waals surface area contributed by atoms with Crippen molar-refractivity contribution in [2.75, 3.05) is 20.6 Å². The fraction of sp³-hybridized carbons (Fsp3) is 0.588. The molecule has 1 rings (SSSR count). The highest BCUT2D eigenvalue weighted by atomic mass is 19.4. The first-order chi connectivity index (χ1) is 11.2. The van der Waals surface area contributed by atoms with Crippen molar-refractivity contribution in [2.24, 2.45) is 4.99 Å². The minimum atomic E-state index is -4.17. The monoisotopic (exact) mass is 344 g/mol. The van der Waals surface area contributed by atoms with Crippen molar-refractivity contribution in [1.82, 2.24) is 15.5 Å². The molecule has 0 saturated carbocycles. The Bertz CT molecular complexity index is 527. The lowest BCUT2D eigenvalue weighted by molar-refractivity contribution is -0.132. The lowest BCUT2D eigenvalue weighted by atomic mass is 10.1. The van der Waals surface area contributed by atoms with E-state index in [2.05, 4.69) is 47.5 Å². The Morgan fingerprint density at radius 1 is 1.17 bits per heavy atom. The zero-order chi connectivity index (χ0) is 18.2. The van der Waals surface area contributed by atoms with Crippen LogP contribution in [0.5, 0.6) is 0 Å². The second kappa shape index (κ2) is 9.52. The van der Waals surface area contributed by atoms with E-state index in [0.29, 0.717) is 18.5 Å². The molecule has 0 aliphatic carbocycles. The summed E-state index contributed by atoms with van der Waals surface area (Å²) in [6, 6.07) is 8.46. The molecule has 0 spiro atoms. The Hall–Kier alpha value is -1.76. The molecule has 24 heavy (non-hydrogen) atoms. The number of alkyl halides is 3. The van der Waals surface area contributed by atoms with Gasteiger partial charge in [-0.3, -0.25) is 9.89 Å². The summed E-state index contributed by atoms with van der Waals surface area (Å²) in [6.45, 7) is 5.39. The Labute approximate surface area is 142 Å². The van der Waals surface area contributed by atoms with Crippen molar-refractivity contribution in [1.29, 1.82) is 0 Å². The molecule has 0 atom stereocenters. The quantitative estimate of drug-likeness (QED) is 0.590. The van der Waals surface area contributed by atoms with Crippen LogP contribution >= 0.6 is 0 Å². The van der Waals surface area contributed by atoms with Crippen molar-refractivity contribution in [2.45, 2.75) is 45.6 Å². The fourth-order valence-corrected chi connectivity index (χ4v) is 2.06. The molecular weight excluding hydrogens is 317 g/mol. The van der Waals surface area contributed by atoms with Crippen LogP contribution in [0.1, 0.15) is 31.4 Å². The van der Waals surface area contributed by atoms with E-state index in [4.69, 9.17) is 0 Å². The maximum atomic E-state index is 12.2. The van der Waals surface area contributed by atoms with Gasteiger partial charge in [-0.05, 0) is 32.0 Å². The van der Waals surface area contributed by atoms with Crippen LogP contribution in [0.15, 0.2) is 29.3 Å². The first-order valence-corrected chi connectivity index (χ1v) is 8.01. The van der Waals surface area contributed by atoms with Gasteiger partial charge in [0.15, 0.2) is 5.96 Å². The van der Waals surface area contributed by atoms with Gasteiger partial charge < -0.3 is 10.6 Å². The summed E-state index contributed by atoms with van der Waals surface area (Å²) in [6.07, 6.45) is -5.05. The normalized spacial score (nSPS) is 12.8. The highest BCUT2D eigenvalue weighted by Gasteiger charge is 2.26. The molecule has 0 aliphatic heterocycles. The second-order valence-corrected chi connectivity index (χ2v) is 6.00. The fourth-order valence-electron chi connectivity index (χ4n) is 2.06. The SMILES string of the molecule is CN=C(NCCC(F)(F)F)NCc1ccccc1CN(C)C(C)C. The molecule has 7 heteroatoms. The Balaban J connectivity index is 2.59. The van der Waals surface area contributed by atoms with E-state index in [1.54, 1.807) is 7.05 Å². The standard InChI is InChI=1S/C17H27F3N4/c1-13(2)24(4)12-15-8-6-5-7-14(15)11-23-16(21-3)22-10-9-17(18,19)20/h5-8,13H,9-12H2,1-4H3,(H2,21,22,23). The third kappa shape index (κ3) is 7.68. The summed E-state index contributed by atoms with van der Waals surface area (Å²) in [5.41, 5.74) is 2.29. The van der Waals surface area contributed by atoms with E-state index in [1.165, 1.54) is 5.56 Å². The largest absolute Gasteiger partial charge is 0.390 e. The molecule has 0 aromatic heterocycles. The van der Waals surface area contributed by atoms with Crippen LogP contribution in [0.25, 0.3) is 0 Å². The summed E-state index contributed by atoms with van der Waals surface area (Å²) in [5, 5.41) is 5.75. The number of nitrogens with zero attached hydrogens (tertiary/aromatic N) is 2. The minimum Gasteiger partial charge on any atom is -0.356 e. The van der Waals surface area contributed by atoms with Gasteiger partial charge >= 0.3 is 6.18 Å².